The Labute approximate surface area is 204 Å². The van der Waals surface area contributed by atoms with E-state index >= 15 is 0 Å². The molecule has 0 unspecified atom stereocenters. The molecular formula is C27H30N4O4. The average molecular weight is 475 g/mol. The number of hydrogen-bond donors (Lipinski definition) is 1. The number of methoxy groups -OCH3 is 1. The van der Waals surface area contributed by atoms with Crippen LogP contribution in [0.5, 0.6) is 5.75 Å². The van der Waals surface area contributed by atoms with Crippen molar-refractivity contribution in [2.75, 3.05) is 26.8 Å². The zero-order valence-corrected chi connectivity index (χ0v) is 20.1. The van der Waals surface area contributed by atoms with Gasteiger partial charge in [-0.15, -0.1) is 0 Å². The van der Waals surface area contributed by atoms with Gasteiger partial charge in [-0.2, -0.15) is 5.10 Å². The van der Waals surface area contributed by atoms with Crippen LogP contribution in [-0.2, 0) is 22.6 Å². The molecule has 1 amide bonds. The molecule has 2 aromatic carbocycles. The minimum absolute atomic E-state index is 0.108. The molecule has 1 aromatic heterocycles. The lowest BCUT2D eigenvalue weighted by molar-refractivity contribution is -0.146. The van der Waals surface area contributed by atoms with E-state index in [2.05, 4.69) is 21.2 Å². The molecule has 8 nitrogen and oxygen atoms in total. The van der Waals surface area contributed by atoms with Crippen molar-refractivity contribution in [1.29, 1.82) is 0 Å². The van der Waals surface area contributed by atoms with E-state index in [9.17, 15) is 9.59 Å². The van der Waals surface area contributed by atoms with Crippen LogP contribution in [0, 0.1) is 6.92 Å². The normalized spacial score (nSPS) is 18.0. The number of nitrogens with one attached hydrogen (secondary N) is 1. The molecule has 8 heteroatoms. The molecule has 1 atom stereocenters. The Balaban J connectivity index is 1.31. The van der Waals surface area contributed by atoms with Crippen LogP contribution in [0.25, 0.3) is 11.3 Å². The first-order valence-corrected chi connectivity index (χ1v) is 12.0. The van der Waals surface area contributed by atoms with E-state index in [1.807, 2.05) is 43.3 Å². The molecule has 0 aliphatic carbocycles. The minimum atomic E-state index is -0.198. The number of rotatable bonds is 5. The van der Waals surface area contributed by atoms with Gasteiger partial charge in [-0.3, -0.25) is 19.6 Å². The highest BCUT2D eigenvalue weighted by molar-refractivity contribution is 5.93. The largest absolute Gasteiger partial charge is 0.491 e. The standard InChI is InChI=1S/C27H30N4O4/c1-18-5-8-20(9-6-18)22-15-23(29-28-22)26(32)31-12-13-35-25-10-7-19(14-21(25)17-31)16-30-11-3-4-24(30)27(33)34-2/h5-10,14-15,24H,3-4,11-13,16-17H2,1-2H3,(H,28,29)/t24-/m0/s1. The van der Waals surface area contributed by atoms with Crippen LogP contribution in [0.4, 0.5) is 0 Å². The molecular weight excluding hydrogens is 444 g/mol. The number of carbonyl (C=O) groups excluding carboxylic acids is 2. The van der Waals surface area contributed by atoms with E-state index in [0.29, 0.717) is 31.9 Å². The highest BCUT2D eigenvalue weighted by Gasteiger charge is 2.31. The molecule has 5 rings (SSSR count). The Hall–Kier alpha value is -3.65. The molecule has 0 bridgehead atoms. The fourth-order valence-electron chi connectivity index (χ4n) is 4.85. The number of aromatic nitrogens is 2. The Morgan fingerprint density at radius 3 is 2.77 bits per heavy atom. The predicted molar refractivity (Wildman–Crippen MR) is 131 cm³/mol. The topological polar surface area (TPSA) is 87.8 Å². The second-order valence-corrected chi connectivity index (χ2v) is 9.20. The molecule has 182 valence electrons. The van der Waals surface area contributed by atoms with Crippen molar-refractivity contribution in [2.24, 2.45) is 0 Å². The van der Waals surface area contributed by atoms with Gasteiger partial charge < -0.3 is 14.4 Å². The summed E-state index contributed by atoms with van der Waals surface area (Å²) < 4.78 is 10.9. The van der Waals surface area contributed by atoms with Crippen LogP contribution in [-0.4, -0.2) is 64.7 Å². The number of esters is 1. The number of hydrogen-bond acceptors (Lipinski definition) is 6. The van der Waals surface area contributed by atoms with Gasteiger partial charge in [0, 0.05) is 24.2 Å². The Bertz CT molecular complexity index is 1220. The van der Waals surface area contributed by atoms with Crippen LogP contribution in [0.15, 0.2) is 48.5 Å². The van der Waals surface area contributed by atoms with Gasteiger partial charge in [0.1, 0.15) is 24.1 Å². The Morgan fingerprint density at radius 2 is 1.97 bits per heavy atom. The van der Waals surface area contributed by atoms with E-state index < -0.39 is 0 Å². The first-order valence-electron chi connectivity index (χ1n) is 12.0. The summed E-state index contributed by atoms with van der Waals surface area (Å²) in [5.41, 5.74) is 5.38. The van der Waals surface area contributed by atoms with Crippen LogP contribution < -0.4 is 4.74 Å². The summed E-state index contributed by atoms with van der Waals surface area (Å²) in [6.07, 6.45) is 1.79. The number of aromatic amines is 1. The van der Waals surface area contributed by atoms with Gasteiger partial charge in [0.2, 0.25) is 0 Å². The first-order chi connectivity index (χ1) is 17.0. The van der Waals surface area contributed by atoms with Crippen molar-refractivity contribution < 1.29 is 19.1 Å². The van der Waals surface area contributed by atoms with Gasteiger partial charge in [-0.25, -0.2) is 0 Å². The summed E-state index contributed by atoms with van der Waals surface area (Å²) in [5.74, 6) is 0.505. The highest BCUT2D eigenvalue weighted by atomic mass is 16.5. The molecule has 0 radical (unpaired) electrons. The maximum absolute atomic E-state index is 13.3. The summed E-state index contributed by atoms with van der Waals surface area (Å²) in [4.78, 5) is 29.4. The molecule has 3 aromatic rings. The monoisotopic (exact) mass is 474 g/mol. The van der Waals surface area contributed by atoms with Gasteiger partial charge in [-0.1, -0.05) is 35.9 Å². The molecule has 3 heterocycles. The maximum Gasteiger partial charge on any atom is 0.323 e. The Kier molecular flexibility index (Phi) is 6.55. The zero-order chi connectivity index (χ0) is 24.4. The summed E-state index contributed by atoms with van der Waals surface area (Å²) in [7, 11) is 1.44. The summed E-state index contributed by atoms with van der Waals surface area (Å²) in [6, 6.07) is 15.7. The van der Waals surface area contributed by atoms with Gasteiger partial charge in [0.05, 0.1) is 19.3 Å². The number of likely N-dealkylation sites (tertiary alicyclic amines) is 1. The zero-order valence-electron chi connectivity index (χ0n) is 20.1. The summed E-state index contributed by atoms with van der Waals surface area (Å²) >= 11 is 0. The first kappa shape index (κ1) is 23.1. The van der Waals surface area contributed by atoms with Crippen LogP contribution in [0.2, 0.25) is 0 Å². The third kappa shape index (κ3) is 4.93. The van der Waals surface area contributed by atoms with Crippen LogP contribution >= 0.6 is 0 Å². The number of benzene rings is 2. The lowest BCUT2D eigenvalue weighted by Gasteiger charge is -2.23. The van der Waals surface area contributed by atoms with Gasteiger partial charge >= 0.3 is 5.97 Å². The van der Waals surface area contributed by atoms with Crippen LogP contribution in [0.3, 0.4) is 0 Å². The van der Waals surface area contributed by atoms with Crippen molar-refractivity contribution in [1.82, 2.24) is 20.0 Å². The van der Waals surface area contributed by atoms with E-state index in [1.54, 1.807) is 11.0 Å². The number of carbonyl (C=O) groups is 2. The second kappa shape index (κ2) is 9.92. The van der Waals surface area contributed by atoms with Crippen molar-refractivity contribution in [3.8, 4) is 17.0 Å². The summed E-state index contributed by atoms with van der Waals surface area (Å²) in [5, 5.41) is 7.26. The molecule has 1 saturated heterocycles. The number of H-pyrrole nitrogens is 1. The third-order valence-corrected chi connectivity index (χ3v) is 6.77. The van der Waals surface area contributed by atoms with Crippen molar-refractivity contribution >= 4 is 11.9 Å². The van der Waals surface area contributed by atoms with Gasteiger partial charge in [-0.05, 0) is 50.1 Å². The third-order valence-electron chi connectivity index (χ3n) is 6.77. The lowest BCUT2D eigenvalue weighted by atomic mass is 10.1. The molecule has 2 aliphatic rings. The number of ether oxygens (including phenoxy) is 2. The molecule has 0 saturated carbocycles. The molecule has 1 N–H and O–H groups in total. The minimum Gasteiger partial charge on any atom is -0.491 e. The molecule has 0 spiro atoms. The number of fused-ring (bicyclic) bond motifs is 1. The van der Waals surface area contributed by atoms with E-state index in [4.69, 9.17) is 9.47 Å². The second-order valence-electron chi connectivity index (χ2n) is 9.20. The number of aryl methyl sites for hydroxylation is 1. The summed E-state index contributed by atoms with van der Waals surface area (Å²) in [6.45, 7) is 4.91. The molecule has 2 aliphatic heterocycles. The van der Waals surface area contributed by atoms with E-state index in [0.717, 1.165) is 47.5 Å². The van der Waals surface area contributed by atoms with Crippen molar-refractivity contribution in [3.63, 3.8) is 0 Å². The number of amides is 1. The van der Waals surface area contributed by atoms with Crippen LogP contribution in [0.1, 0.15) is 40.0 Å². The lowest BCUT2D eigenvalue weighted by Crippen LogP contribution is -2.36. The maximum atomic E-state index is 13.3. The van der Waals surface area contributed by atoms with Crippen molar-refractivity contribution in [2.45, 2.75) is 38.9 Å². The number of nitrogens with zero attached hydrogens (tertiary/aromatic N) is 3. The molecule has 35 heavy (non-hydrogen) atoms. The van der Waals surface area contributed by atoms with Crippen molar-refractivity contribution in [3.05, 3.63) is 70.9 Å². The van der Waals surface area contributed by atoms with Gasteiger partial charge in [0.15, 0.2) is 0 Å². The van der Waals surface area contributed by atoms with E-state index in [-0.39, 0.29) is 17.9 Å². The van der Waals surface area contributed by atoms with Gasteiger partial charge in [0.25, 0.3) is 5.91 Å². The predicted octanol–water partition coefficient (Wildman–Crippen LogP) is 3.56. The fraction of sp³-hybridized carbons (Fsp3) is 0.370. The quantitative estimate of drug-likeness (QED) is 0.569. The highest BCUT2D eigenvalue weighted by Crippen LogP contribution is 2.28. The fourth-order valence-corrected chi connectivity index (χ4v) is 4.85. The smallest absolute Gasteiger partial charge is 0.323 e. The Morgan fingerprint density at radius 1 is 1.14 bits per heavy atom. The van der Waals surface area contributed by atoms with E-state index in [1.165, 1.54) is 12.7 Å². The average Bonchev–Trinajstić information content (AvgIpc) is 3.49. The molecule has 1 fully saturated rings. The SMILES string of the molecule is COC(=O)[C@@H]1CCCN1Cc1ccc2c(c1)CN(C(=O)c1cc(-c3ccc(C)cc3)n[nH]1)CCO2.